The molecule has 3 rings (SSSR count). The molecule has 1 atom stereocenters. The van der Waals surface area contributed by atoms with Crippen molar-refractivity contribution in [1.82, 2.24) is 14.7 Å². The van der Waals surface area contributed by atoms with Crippen LogP contribution in [0.1, 0.15) is 12.0 Å². The van der Waals surface area contributed by atoms with Gasteiger partial charge in [0.15, 0.2) is 0 Å². The molecule has 128 valence electrons. The van der Waals surface area contributed by atoms with E-state index in [0.717, 1.165) is 10.5 Å². The Balaban J connectivity index is 1.74. The van der Waals surface area contributed by atoms with E-state index in [2.05, 4.69) is 0 Å². The summed E-state index contributed by atoms with van der Waals surface area (Å²) in [6.45, 7) is 1.15. The highest BCUT2D eigenvalue weighted by Crippen LogP contribution is 2.27. The first kappa shape index (κ1) is 16.6. The van der Waals surface area contributed by atoms with E-state index in [1.807, 2.05) is 0 Å². The molecule has 1 fully saturated rings. The van der Waals surface area contributed by atoms with E-state index in [4.69, 9.17) is 16.3 Å². The molecule has 7 nitrogen and oxygen atoms in total. The molecule has 0 spiro atoms. The van der Waals surface area contributed by atoms with Crippen molar-refractivity contribution < 1.29 is 19.1 Å². The van der Waals surface area contributed by atoms with Crippen molar-refractivity contribution in [2.24, 2.45) is 0 Å². The summed E-state index contributed by atoms with van der Waals surface area (Å²) in [6.07, 6.45) is -0.0404. The largest absolute Gasteiger partial charge is 0.491 e. The quantitative estimate of drug-likeness (QED) is 0.754. The van der Waals surface area contributed by atoms with Gasteiger partial charge in [0.2, 0.25) is 5.91 Å². The van der Waals surface area contributed by atoms with Crippen LogP contribution in [0.5, 0.6) is 5.75 Å². The standard InChI is InChI=1S/C16H18ClN3O4/c1-18-12(15(22)19(2)16(18)23)8-14(21)20-5-6-24-13-4-3-11(17)7-10(13)9-20/h3-4,7,12H,5-6,8-9H2,1-2H3/t12-/m0/s1. The average Bonchev–Trinajstić information content (AvgIpc) is 2.75. The number of carbonyl (C=O) groups is 3. The predicted octanol–water partition coefficient (Wildman–Crippen LogP) is 1.34. The SMILES string of the molecule is CN1C(=O)[C@H](CC(=O)N2CCOc3ccc(Cl)cc3C2)N(C)C1=O. The number of hydrogen-bond donors (Lipinski definition) is 0. The third-order valence-electron chi connectivity index (χ3n) is 4.39. The highest BCUT2D eigenvalue weighted by molar-refractivity contribution is 6.30. The fourth-order valence-corrected chi connectivity index (χ4v) is 3.14. The summed E-state index contributed by atoms with van der Waals surface area (Å²) in [6, 6.07) is 4.15. The van der Waals surface area contributed by atoms with Gasteiger partial charge in [-0.25, -0.2) is 4.79 Å². The number of fused-ring (bicyclic) bond motifs is 1. The first-order chi connectivity index (χ1) is 11.4. The summed E-state index contributed by atoms with van der Waals surface area (Å²) in [5.74, 6) is 0.156. The van der Waals surface area contributed by atoms with E-state index in [0.29, 0.717) is 30.5 Å². The molecule has 0 aliphatic carbocycles. The van der Waals surface area contributed by atoms with E-state index in [-0.39, 0.29) is 18.2 Å². The van der Waals surface area contributed by atoms with Gasteiger partial charge in [-0.3, -0.25) is 14.5 Å². The minimum Gasteiger partial charge on any atom is -0.491 e. The first-order valence-corrected chi connectivity index (χ1v) is 7.99. The number of rotatable bonds is 2. The Morgan fingerprint density at radius 2 is 2.08 bits per heavy atom. The van der Waals surface area contributed by atoms with Crippen LogP contribution in [0.3, 0.4) is 0 Å². The molecule has 0 unspecified atom stereocenters. The van der Waals surface area contributed by atoms with Crippen LogP contribution in [0.25, 0.3) is 0 Å². The maximum absolute atomic E-state index is 12.6. The van der Waals surface area contributed by atoms with Crippen LogP contribution in [0.2, 0.25) is 5.02 Å². The zero-order valence-electron chi connectivity index (χ0n) is 13.5. The average molecular weight is 352 g/mol. The van der Waals surface area contributed by atoms with Gasteiger partial charge in [-0.05, 0) is 18.2 Å². The minimum absolute atomic E-state index is 0.0404. The lowest BCUT2D eigenvalue weighted by molar-refractivity contribution is -0.136. The van der Waals surface area contributed by atoms with Crippen LogP contribution in [0.15, 0.2) is 18.2 Å². The monoisotopic (exact) mass is 351 g/mol. The fraction of sp³-hybridized carbons (Fsp3) is 0.438. The minimum atomic E-state index is -0.752. The zero-order chi connectivity index (χ0) is 17.4. The number of urea groups is 1. The highest BCUT2D eigenvalue weighted by atomic mass is 35.5. The van der Waals surface area contributed by atoms with Crippen molar-refractivity contribution in [3.05, 3.63) is 28.8 Å². The van der Waals surface area contributed by atoms with Crippen molar-refractivity contribution >= 4 is 29.4 Å². The molecule has 1 aromatic rings. The van der Waals surface area contributed by atoms with Gasteiger partial charge in [0.05, 0.1) is 13.0 Å². The molecular formula is C16H18ClN3O4. The molecule has 1 aromatic carbocycles. The number of amides is 4. The van der Waals surface area contributed by atoms with Crippen LogP contribution >= 0.6 is 11.6 Å². The number of halogens is 1. The molecule has 0 aromatic heterocycles. The Labute approximate surface area is 144 Å². The summed E-state index contributed by atoms with van der Waals surface area (Å²) in [5, 5.41) is 0.574. The Morgan fingerprint density at radius 3 is 2.75 bits per heavy atom. The molecule has 0 saturated carbocycles. The van der Waals surface area contributed by atoms with Gasteiger partial charge in [-0.2, -0.15) is 0 Å². The second-order valence-electron chi connectivity index (χ2n) is 5.93. The summed E-state index contributed by atoms with van der Waals surface area (Å²) >= 11 is 6.01. The molecule has 2 aliphatic heterocycles. The first-order valence-electron chi connectivity index (χ1n) is 7.62. The molecule has 0 radical (unpaired) electrons. The topological polar surface area (TPSA) is 70.2 Å². The van der Waals surface area contributed by atoms with E-state index in [1.54, 1.807) is 23.1 Å². The number of carbonyl (C=O) groups excluding carboxylic acids is 3. The Kier molecular flexibility index (Phi) is 4.36. The second kappa shape index (κ2) is 6.32. The van der Waals surface area contributed by atoms with Crippen molar-refractivity contribution in [2.45, 2.75) is 19.0 Å². The Morgan fingerprint density at radius 1 is 1.33 bits per heavy atom. The van der Waals surface area contributed by atoms with Crippen molar-refractivity contribution in [1.29, 1.82) is 0 Å². The lowest BCUT2D eigenvalue weighted by Crippen LogP contribution is -2.40. The van der Waals surface area contributed by atoms with Gasteiger partial charge >= 0.3 is 6.03 Å². The van der Waals surface area contributed by atoms with Gasteiger partial charge in [-0.15, -0.1) is 0 Å². The third-order valence-corrected chi connectivity index (χ3v) is 4.63. The van der Waals surface area contributed by atoms with Crippen LogP contribution in [0, 0.1) is 0 Å². The molecule has 0 bridgehead atoms. The number of likely N-dealkylation sites (N-methyl/N-ethyl adjacent to an activating group) is 2. The smallest absolute Gasteiger partial charge is 0.326 e. The van der Waals surface area contributed by atoms with Gasteiger partial charge in [0.1, 0.15) is 18.4 Å². The summed E-state index contributed by atoms with van der Waals surface area (Å²) in [4.78, 5) is 40.5. The van der Waals surface area contributed by atoms with Crippen LogP contribution in [-0.4, -0.2) is 65.8 Å². The van der Waals surface area contributed by atoms with E-state index >= 15 is 0 Å². The van der Waals surface area contributed by atoms with E-state index in [9.17, 15) is 14.4 Å². The van der Waals surface area contributed by atoms with E-state index < -0.39 is 12.1 Å². The van der Waals surface area contributed by atoms with Gasteiger partial charge in [-0.1, -0.05) is 11.6 Å². The fourth-order valence-electron chi connectivity index (χ4n) is 2.95. The summed E-state index contributed by atoms with van der Waals surface area (Å²) < 4.78 is 5.64. The van der Waals surface area contributed by atoms with Crippen molar-refractivity contribution in [3.63, 3.8) is 0 Å². The van der Waals surface area contributed by atoms with Gasteiger partial charge in [0, 0.05) is 31.2 Å². The summed E-state index contributed by atoms with van der Waals surface area (Å²) in [5.41, 5.74) is 0.827. The van der Waals surface area contributed by atoms with Crippen LogP contribution in [-0.2, 0) is 16.1 Å². The molecular weight excluding hydrogens is 334 g/mol. The molecule has 8 heteroatoms. The maximum Gasteiger partial charge on any atom is 0.326 e. The molecule has 4 amide bonds. The molecule has 2 heterocycles. The lowest BCUT2D eigenvalue weighted by atomic mass is 10.1. The normalized spacial score (nSPS) is 20.8. The van der Waals surface area contributed by atoms with Gasteiger partial charge in [0.25, 0.3) is 5.91 Å². The molecule has 2 aliphatic rings. The van der Waals surface area contributed by atoms with Crippen LogP contribution in [0.4, 0.5) is 4.79 Å². The third kappa shape index (κ3) is 2.91. The highest BCUT2D eigenvalue weighted by Gasteiger charge is 2.42. The predicted molar refractivity (Wildman–Crippen MR) is 86.7 cm³/mol. The number of hydrogen-bond acceptors (Lipinski definition) is 4. The van der Waals surface area contributed by atoms with Crippen molar-refractivity contribution in [2.75, 3.05) is 27.2 Å². The van der Waals surface area contributed by atoms with Crippen LogP contribution < -0.4 is 4.74 Å². The number of benzene rings is 1. The second-order valence-corrected chi connectivity index (χ2v) is 6.36. The zero-order valence-corrected chi connectivity index (χ0v) is 14.2. The number of ether oxygens (including phenoxy) is 1. The van der Waals surface area contributed by atoms with E-state index in [1.165, 1.54) is 19.0 Å². The lowest BCUT2D eigenvalue weighted by Gasteiger charge is -2.23. The number of nitrogens with zero attached hydrogens (tertiary/aromatic N) is 3. The Hall–Kier alpha value is -2.28. The molecule has 0 N–H and O–H groups in total. The van der Waals surface area contributed by atoms with Gasteiger partial charge < -0.3 is 14.5 Å². The number of imide groups is 1. The maximum atomic E-state index is 12.6. The Bertz CT molecular complexity index is 709. The van der Waals surface area contributed by atoms with Crippen molar-refractivity contribution in [3.8, 4) is 5.75 Å². The molecule has 1 saturated heterocycles. The molecule has 24 heavy (non-hydrogen) atoms. The summed E-state index contributed by atoms with van der Waals surface area (Å²) in [7, 11) is 2.95.